The van der Waals surface area contributed by atoms with E-state index in [0.29, 0.717) is 21.2 Å². The van der Waals surface area contributed by atoms with Crippen molar-refractivity contribution in [3.05, 3.63) is 50.7 Å². The second-order valence-electron chi connectivity index (χ2n) is 3.89. The molecule has 5 heteroatoms. The molecule has 1 heterocycles. The summed E-state index contributed by atoms with van der Waals surface area (Å²) < 4.78 is 0. The van der Waals surface area contributed by atoms with Crippen LogP contribution >= 0.6 is 22.9 Å². The Morgan fingerprint density at radius 1 is 1.47 bits per heavy atom. The highest BCUT2D eigenvalue weighted by Crippen LogP contribution is 2.25. The van der Waals surface area contributed by atoms with Crippen molar-refractivity contribution in [2.45, 2.75) is 13.3 Å². The van der Waals surface area contributed by atoms with Gasteiger partial charge in [-0.25, -0.2) is 0 Å². The Labute approximate surface area is 120 Å². The highest BCUT2D eigenvalue weighted by atomic mass is 35.5. The van der Waals surface area contributed by atoms with Crippen LogP contribution in [-0.4, -0.2) is 5.91 Å². The molecule has 0 aliphatic carbocycles. The van der Waals surface area contributed by atoms with Crippen LogP contribution in [0.15, 0.2) is 29.6 Å². The van der Waals surface area contributed by atoms with Gasteiger partial charge in [-0.05, 0) is 41.6 Å². The third-order valence-corrected chi connectivity index (χ3v) is 3.96. The molecule has 0 radical (unpaired) electrons. The van der Waals surface area contributed by atoms with E-state index in [2.05, 4.69) is 5.32 Å². The van der Waals surface area contributed by atoms with E-state index in [1.54, 1.807) is 18.2 Å². The number of carbonyl (C=O) groups is 1. The van der Waals surface area contributed by atoms with Crippen LogP contribution in [0.1, 0.15) is 27.7 Å². The van der Waals surface area contributed by atoms with E-state index < -0.39 is 0 Å². The molecular formula is C14H11ClN2OS. The number of hydrogen-bond donors (Lipinski definition) is 1. The van der Waals surface area contributed by atoms with E-state index in [9.17, 15) is 4.79 Å². The molecule has 0 aliphatic rings. The van der Waals surface area contributed by atoms with Crippen molar-refractivity contribution in [3.8, 4) is 6.07 Å². The van der Waals surface area contributed by atoms with Crippen molar-refractivity contribution < 1.29 is 4.79 Å². The number of nitrogens with one attached hydrogen (secondary N) is 1. The lowest BCUT2D eigenvalue weighted by Gasteiger charge is -2.07. The molecule has 0 atom stereocenters. The quantitative estimate of drug-likeness (QED) is 0.925. The lowest BCUT2D eigenvalue weighted by Crippen LogP contribution is -2.12. The van der Waals surface area contributed by atoms with Crippen molar-refractivity contribution in [1.29, 1.82) is 5.26 Å². The number of nitrogens with zero attached hydrogens (tertiary/aromatic N) is 1. The van der Waals surface area contributed by atoms with Crippen molar-refractivity contribution in [2.24, 2.45) is 0 Å². The van der Waals surface area contributed by atoms with Crippen molar-refractivity contribution in [2.75, 3.05) is 5.32 Å². The van der Waals surface area contributed by atoms with Crippen molar-refractivity contribution in [1.82, 2.24) is 0 Å². The van der Waals surface area contributed by atoms with Gasteiger partial charge in [-0.15, -0.1) is 11.3 Å². The molecule has 2 rings (SSSR count). The van der Waals surface area contributed by atoms with Crippen LogP contribution in [0, 0.1) is 11.3 Å². The van der Waals surface area contributed by atoms with E-state index in [4.69, 9.17) is 16.9 Å². The molecule has 0 bridgehead atoms. The molecule has 1 aromatic heterocycles. The third kappa shape index (κ3) is 2.95. The number of thiophene rings is 1. The summed E-state index contributed by atoms with van der Waals surface area (Å²) in [6.07, 6.45) is 0.804. The van der Waals surface area contributed by atoms with Gasteiger partial charge < -0.3 is 5.32 Å². The zero-order valence-corrected chi connectivity index (χ0v) is 11.8. The first-order valence-electron chi connectivity index (χ1n) is 5.73. The molecular weight excluding hydrogens is 280 g/mol. The molecule has 2 aromatic rings. The Morgan fingerprint density at radius 2 is 2.26 bits per heavy atom. The largest absolute Gasteiger partial charge is 0.320 e. The second-order valence-corrected chi connectivity index (χ2v) is 5.21. The maximum absolute atomic E-state index is 12.2. The van der Waals surface area contributed by atoms with Gasteiger partial charge in [0.05, 0.1) is 27.2 Å². The number of halogens is 1. The first kappa shape index (κ1) is 13.6. The van der Waals surface area contributed by atoms with E-state index in [0.717, 1.165) is 12.0 Å². The van der Waals surface area contributed by atoms with Crippen LogP contribution < -0.4 is 5.32 Å². The van der Waals surface area contributed by atoms with Crippen LogP contribution in [-0.2, 0) is 6.42 Å². The van der Waals surface area contributed by atoms with Crippen LogP contribution in [0.4, 0.5) is 5.69 Å². The number of anilines is 1. The van der Waals surface area contributed by atoms with Crippen LogP contribution in [0.5, 0.6) is 0 Å². The Bertz CT molecular complexity index is 658. The van der Waals surface area contributed by atoms with E-state index in [1.165, 1.54) is 11.3 Å². The molecule has 0 unspecified atom stereocenters. The fourth-order valence-corrected chi connectivity index (χ4v) is 2.74. The molecule has 1 amide bonds. The van der Waals surface area contributed by atoms with Gasteiger partial charge >= 0.3 is 0 Å². The number of carbonyl (C=O) groups excluding carboxylic acids is 1. The minimum Gasteiger partial charge on any atom is -0.320 e. The molecule has 19 heavy (non-hydrogen) atoms. The Balaban J connectivity index is 2.27. The minimum atomic E-state index is -0.191. The highest BCUT2D eigenvalue weighted by Gasteiger charge is 2.13. The number of nitriles is 1. The first-order valence-corrected chi connectivity index (χ1v) is 6.98. The molecule has 1 N–H and O–H groups in total. The summed E-state index contributed by atoms with van der Waals surface area (Å²) in [4.78, 5) is 12.8. The lowest BCUT2D eigenvalue weighted by molar-refractivity contribution is 0.103. The zero-order valence-electron chi connectivity index (χ0n) is 10.2. The molecule has 1 aromatic carbocycles. The Kier molecular flexibility index (Phi) is 4.20. The van der Waals surface area contributed by atoms with Gasteiger partial charge in [0, 0.05) is 0 Å². The van der Waals surface area contributed by atoms with Gasteiger partial charge in [-0.3, -0.25) is 4.79 Å². The maximum atomic E-state index is 12.2. The Morgan fingerprint density at radius 3 is 2.95 bits per heavy atom. The van der Waals surface area contributed by atoms with Crippen LogP contribution in [0.2, 0.25) is 5.02 Å². The predicted octanol–water partition coefficient (Wildman–Crippen LogP) is 4.09. The van der Waals surface area contributed by atoms with Gasteiger partial charge in [-0.1, -0.05) is 18.5 Å². The topological polar surface area (TPSA) is 52.9 Å². The predicted molar refractivity (Wildman–Crippen MR) is 77.8 cm³/mol. The molecule has 96 valence electrons. The molecule has 0 spiro atoms. The van der Waals surface area contributed by atoms with Gasteiger partial charge in [0.15, 0.2) is 0 Å². The standard InChI is InChI=1S/C14H11ClN2OS/c1-2-10-5-6-19-13(10)14(18)17-12-7-9(8-16)3-4-11(12)15/h3-7H,2H2,1H3,(H,17,18). The van der Waals surface area contributed by atoms with Crippen LogP contribution in [0.25, 0.3) is 0 Å². The van der Waals surface area contributed by atoms with Gasteiger partial charge in [0.25, 0.3) is 5.91 Å². The summed E-state index contributed by atoms with van der Waals surface area (Å²) in [5, 5.41) is 13.9. The molecule has 3 nitrogen and oxygen atoms in total. The monoisotopic (exact) mass is 290 g/mol. The SMILES string of the molecule is CCc1ccsc1C(=O)Nc1cc(C#N)ccc1Cl. The van der Waals surface area contributed by atoms with Crippen molar-refractivity contribution >= 4 is 34.5 Å². The van der Waals surface area contributed by atoms with Gasteiger partial charge in [0.1, 0.15) is 0 Å². The maximum Gasteiger partial charge on any atom is 0.266 e. The summed E-state index contributed by atoms with van der Waals surface area (Å²) in [6, 6.07) is 8.74. The number of rotatable bonds is 3. The smallest absolute Gasteiger partial charge is 0.266 e. The summed E-state index contributed by atoms with van der Waals surface area (Å²) in [5.74, 6) is -0.191. The second kappa shape index (κ2) is 5.87. The summed E-state index contributed by atoms with van der Waals surface area (Å²) in [5.41, 5.74) is 1.93. The van der Waals surface area contributed by atoms with Crippen molar-refractivity contribution in [3.63, 3.8) is 0 Å². The molecule has 0 saturated heterocycles. The molecule has 0 fully saturated rings. The fourth-order valence-electron chi connectivity index (χ4n) is 1.68. The van der Waals surface area contributed by atoms with E-state index >= 15 is 0 Å². The molecule has 0 saturated carbocycles. The number of benzene rings is 1. The number of amides is 1. The van der Waals surface area contributed by atoms with Crippen LogP contribution in [0.3, 0.4) is 0 Å². The van der Waals surface area contributed by atoms with Gasteiger partial charge in [-0.2, -0.15) is 5.26 Å². The number of hydrogen-bond acceptors (Lipinski definition) is 3. The fraction of sp³-hybridized carbons (Fsp3) is 0.143. The third-order valence-electron chi connectivity index (χ3n) is 2.68. The van der Waals surface area contributed by atoms with E-state index in [1.807, 2.05) is 24.4 Å². The van der Waals surface area contributed by atoms with Gasteiger partial charge in [0.2, 0.25) is 0 Å². The van der Waals surface area contributed by atoms with E-state index in [-0.39, 0.29) is 5.91 Å². The average Bonchev–Trinajstić information content (AvgIpc) is 2.89. The summed E-state index contributed by atoms with van der Waals surface area (Å²) in [7, 11) is 0. The normalized spacial score (nSPS) is 9.95. The zero-order chi connectivity index (χ0) is 13.8. The lowest BCUT2D eigenvalue weighted by atomic mass is 10.2. The Hall–Kier alpha value is -1.83. The first-order chi connectivity index (χ1) is 9.15. The minimum absolute atomic E-state index is 0.191. The highest BCUT2D eigenvalue weighted by molar-refractivity contribution is 7.12. The molecule has 0 aliphatic heterocycles. The number of aryl methyl sites for hydroxylation is 1. The summed E-state index contributed by atoms with van der Waals surface area (Å²) >= 11 is 7.41. The average molecular weight is 291 g/mol. The summed E-state index contributed by atoms with van der Waals surface area (Å²) in [6.45, 7) is 2.00.